The van der Waals surface area contributed by atoms with Crippen molar-refractivity contribution in [2.24, 2.45) is 5.92 Å². The van der Waals surface area contributed by atoms with Crippen molar-refractivity contribution in [3.8, 4) is 0 Å². The zero-order valence-corrected chi connectivity index (χ0v) is 24.6. The van der Waals surface area contributed by atoms with Gasteiger partial charge in [0.15, 0.2) is 5.65 Å². The van der Waals surface area contributed by atoms with Crippen molar-refractivity contribution in [1.29, 1.82) is 0 Å². The number of hydrogen-bond donors (Lipinski definition) is 4. The molecule has 1 amide bonds. The number of carbonyl (C=O) groups is 1. The van der Waals surface area contributed by atoms with Crippen molar-refractivity contribution >= 4 is 34.7 Å². The van der Waals surface area contributed by atoms with Crippen LogP contribution in [0.15, 0.2) is 24.4 Å². The van der Waals surface area contributed by atoms with Crippen molar-refractivity contribution in [2.75, 3.05) is 36.8 Å². The van der Waals surface area contributed by atoms with Gasteiger partial charge in [-0.2, -0.15) is 4.98 Å². The smallest absolute Gasteiger partial charge is 0.224 e. The molecule has 3 aromatic rings. The molecule has 6 rings (SSSR count). The summed E-state index contributed by atoms with van der Waals surface area (Å²) in [6, 6.07) is 3.56. The molecule has 3 aliphatic rings. The predicted octanol–water partition coefficient (Wildman–Crippen LogP) is 4.90. The highest BCUT2D eigenvalue weighted by Crippen LogP contribution is 2.37. The molecule has 0 atom stereocenters. The van der Waals surface area contributed by atoms with Crippen molar-refractivity contribution in [2.45, 2.75) is 88.8 Å². The van der Waals surface area contributed by atoms with Gasteiger partial charge in [-0.25, -0.2) is 18.7 Å². The first-order valence-electron chi connectivity index (χ1n) is 15.8. The number of piperidine rings is 1. The fourth-order valence-corrected chi connectivity index (χ4v) is 6.77. The topological polar surface area (TPSA) is 120 Å². The number of aliphatic hydroxyl groups excluding tert-OH is 1. The van der Waals surface area contributed by atoms with Gasteiger partial charge in [0.1, 0.15) is 17.2 Å². The van der Waals surface area contributed by atoms with Gasteiger partial charge in [-0.05, 0) is 89.4 Å². The molecule has 0 bridgehead atoms. The van der Waals surface area contributed by atoms with Gasteiger partial charge in [0.05, 0.1) is 18.0 Å². The van der Waals surface area contributed by atoms with Gasteiger partial charge in [-0.15, -0.1) is 0 Å². The van der Waals surface area contributed by atoms with Crippen molar-refractivity contribution in [3.63, 3.8) is 0 Å². The second-order valence-corrected chi connectivity index (χ2v) is 12.3. The number of aromatic nitrogens is 4. The van der Waals surface area contributed by atoms with E-state index >= 15 is 0 Å². The largest absolute Gasteiger partial charge is 0.393 e. The molecule has 3 fully saturated rings. The number of nitrogens with one attached hydrogen (secondary N) is 3. The molecule has 0 unspecified atom stereocenters. The number of amides is 1. The first-order valence-corrected chi connectivity index (χ1v) is 15.8. The van der Waals surface area contributed by atoms with E-state index in [1.807, 2.05) is 4.57 Å². The quantitative estimate of drug-likeness (QED) is 0.276. The Morgan fingerprint density at radius 2 is 1.74 bits per heavy atom. The van der Waals surface area contributed by atoms with Crippen molar-refractivity contribution < 1.29 is 18.7 Å². The molecule has 0 radical (unpaired) electrons. The third kappa shape index (κ3) is 7.23. The van der Waals surface area contributed by atoms with E-state index in [0.717, 1.165) is 77.1 Å². The number of fused-ring (bicyclic) bond motifs is 1. The highest BCUT2D eigenvalue weighted by atomic mass is 19.1. The number of halogens is 2. The Bertz CT molecular complexity index is 1400. The van der Waals surface area contributed by atoms with Crippen LogP contribution in [0.5, 0.6) is 0 Å². The summed E-state index contributed by atoms with van der Waals surface area (Å²) in [5.41, 5.74) is 1.30. The van der Waals surface area contributed by atoms with Crippen LogP contribution in [0, 0.1) is 17.6 Å². The number of benzene rings is 1. The van der Waals surface area contributed by atoms with Crippen LogP contribution in [0.3, 0.4) is 0 Å². The molecule has 3 heterocycles. The molecule has 4 N–H and O–H groups in total. The number of likely N-dealkylation sites (tertiary alicyclic amines) is 1. The number of rotatable bonds is 9. The molecule has 232 valence electrons. The maximum absolute atomic E-state index is 14.6. The van der Waals surface area contributed by atoms with Crippen LogP contribution in [0.1, 0.15) is 76.7 Å². The maximum atomic E-state index is 14.6. The highest BCUT2D eigenvalue weighted by Gasteiger charge is 2.30. The number of aliphatic hydroxyl groups is 1. The summed E-state index contributed by atoms with van der Waals surface area (Å²) < 4.78 is 30.2. The summed E-state index contributed by atoms with van der Waals surface area (Å²) in [6.45, 7) is 3.80. The zero-order chi connectivity index (χ0) is 29.8. The minimum absolute atomic E-state index is 0.0130. The number of imidazole rings is 1. The molecule has 1 aliphatic heterocycles. The molecular formula is C31H42F2N8O2. The number of nitrogens with zero attached hydrogens (tertiary/aromatic N) is 5. The number of anilines is 3. The van der Waals surface area contributed by atoms with E-state index in [0.29, 0.717) is 29.6 Å². The van der Waals surface area contributed by atoms with Gasteiger partial charge in [0.25, 0.3) is 0 Å². The van der Waals surface area contributed by atoms with Crippen LogP contribution < -0.4 is 16.0 Å². The molecule has 10 nitrogen and oxygen atoms in total. The number of carbonyl (C=O) groups excluding carboxylic acids is 1. The third-order valence-corrected chi connectivity index (χ3v) is 9.25. The predicted molar refractivity (Wildman–Crippen MR) is 161 cm³/mol. The van der Waals surface area contributed by atoms with E-state index < -0.39 is 11.6 Å². The normalized spacial score (nSPS) is 25.0. The summed E-state index contributed by atoms with van der Waals surface area (Å²) >= 11 is 0. The number of hydrogen-bond acceptors (Lipinski definition) is 8. The van der Waals surface area contributed by atoms with Crippen LogP contribution in [0.25, 0.3) is 11.2 Å². The molecule has 1 aromatic carbocycles. The van der Waals surface area contributed by atoms with Gasteiger partial charge in [-0.1, -0.05) is 6.42 Å². The van der Waals surface area contributed by atoms with Crippen LogP contribution in [0.4, 0.5) is 26.4 Å². The molecule has 2 aromatic heterocycles. The Morgan fingerprint density at radius 1 is 0.977 bits per heavy atom. The van der Waals surface area contributed by atoms with Crippen LogP contribution >= 0.6 is 0 Å². The van der Waals surface area contributed by atoms with E-state index in [9.17, 15) is 18.7 Å². The average Bonchev–Trinajstić information content (AvgIpc) is 3.37. The lowest BCUT2D eigenvalue weighted by molar-refractivity contribution is -0.126. The molecule has 43 heavy (non-hydrogen) atoms. The third-order valence-electron chi connectivity index (χ3n) is 9.25. The Labute approximate surface area is 250 Å². The molecule has 0 spiro atoms. The van der Waals surface area contributed by atoms with Crippen LogP contribution in [-0.4, -0.2) is 73.8 Å². The standard InChI is InChI=1S/C31H42F2N8O2/c32-21-6-13-26(25(33)18-21)37-31-38-27-19-35-30(36-22-7-11-24(42)12-8-22)39-28(27)41(31)23-9-4-20(5-10-23)29(43)34-14-17-40-15-2-1-3-16-40/h6,13,18-20,22-24,42H,1-5,7-12,14-17H2,(H,34,43)(H,37,38)(H,35,36,39)/t20?,22-,23?,24-. The Balaban J connectivity index is 1.18. The SMILES string of the molecule is O=C(NCCN1CCCCC1)C1CCC(n2c(Nc3ccc(F)cc3F)nc3cnc(N[C@H]4CC[C@H](O)CC4)nc32)CC1. The summed E-state index contributed by atoms with van der Waals surface area (Å²) in [5, 5.41) is 19.5. The Morgan fingerprint density at radius 3 is 2.49 bits per heavy atom. The fraction of sp³-hybridized carbons (Fsp3) is 0.613. The second kappa shape index (κ2) is 13.5. The first kappa shape index (κ1) is 29.7. The van der Waals surface area contributed by atoms with Crippen LogP contribution in [0.2, 0.25) is 0 Å². The summed E-state index contributed by atoms with van der Waals surface area (Å²) in [7, 11) is 0. The van der Waals surface area contributed by atoms with Gasteiger partial charge >= 0.3 is 0 Å². The Hall–Kier alpha value is -3.38. The van der Waals surface area contributed by atoms with E-state index in [2.05, 4.69) is 25.8 Å². The fourth-order valence-electron chi connectivity index (χ4n) is 6.77. The summed E-state index contributed by atoms with van der Waals surface area (Å²) in [5.74, 6) is -0.410. The van der Waals surface area contributed by atoms with E-state index in [1.165, 1.54) is 31.4 Å². The van der Waals surface area contributed by atoms with Gasteiger partial charge < -0.3 is 26.0 Å². The first-order chi connectivity index (χ1) is 20.9. The van der Waals surface area contributed by atoms with E-state index in [-0.39, 0.29) is 35.7 Å². The Kier molecular flexibility index (Phi) is 9.32. The van der Waals surface area contributed by atoms with Gasteiger partial charge in [0, 0.05) is 37.2 Å². The van der Waals surface area contributed by atoms with Crippen molar-refractivity contribution in [1.82, 2.24) is 29.7 Å². The molecular weight excluding hydrogens is 554 g/mol. The molecule has 12 heteroatoms. The lowest BCUT2D eigenvalue weighted by Gasteiger charge is -2.30. The average molecular weight is 597 g/mol. The second-order valence-electron chi connectivity index (χ2n) is 12.3. The lowest BCUT2D eigenvalue weighted by Crippen LogP contribution is -2.40. The summed E-state index contributed by atoms with van der Waals surface area (Å²) in [4.78, 5) is 29.4. The molecule has 1 saturated heterocycles. The zero-order valence-electron chi connectivity index (χ0n) is 24.6. The monoisotopic (exact) mass is 596 g/mol. The van der Waals surface area contributed by atoms with E-state index in [4.69, 9.17) is 9.97 Å². The minimum Gasteiger partial charge on any atom is -0.393 e. The molecule has 2 aliphatic carbocycles. The summed E-state index contributed by atoms with van der Waals surface area (Å²) in [6.07, 6.45) is 11.3. The van der Waals surface area contributed by atoms with Crippen molar-refractivity contribution in [3.05, 3.63) is 36.0 Å². The van der Waals surface area contributed by atoms with E-state index in [1.54, 1.807) is 6.20 Å². The minimum atomic E-state index is -0.712. The maximum Gasteiger partial charge on any atom is 0.224 e. The molecule has 2 saturated carbocycles. The van der Waals surface area contributed by atoms with Gasteiger partial charge in [0.2, 0.25) is 17.8 Å². The van der Waals surface area contributed by atoms with Gasteiger partial charge in [-0.3, -0.25) is 9.36 Å². The highest BCUT2D eigenvalue weighted by molar-refractivity contribution is 5.79. The lowest BCUT2D eigenvalue weighted by atomic mass is 9.85. The van der Waals surface area contributed by atoms with Crippen LogP contribution in [-0.2, 0) is 4.79 Å².